The Bertz CT molecular complexity index is 434. The van der Waals surface area contributed by atoms with Gasteiger partial charge in [0, 0.05) is 17.9 Å². The van der Waals surface area contributed by atoms with Gasteiger partial charge in [-0.25, -0.2) is 0 Å². The van der Waals surface area contributed by atoms with Gasteiger partial charge in [-0.15, -0.1) is 0 Å². The smallest absolute Gasteiger partial charge is 0.142 e. The molecule has 4 heteroatoms. The molecule has 1 atom stereocenters. The minimum atomic E-state index is 0.396. The Kier molecular flexibility index (Phi) is 4.50. The Morgan fingerprint density at radius 2 is 2.05 bits per heavy atom. The van der Waals surface area contributed by atoms with Crippen molar-refractivity contribution in [2.45, 2.75) is 26.3 Å². The topological polar surface area (TPSA) is 30.5 Å². The fraction of sp³-hybridized carbons (Fsp3) is 0.600. The van der Waals surface area contributed by atoms with Gasteiger partial charge in [-0.05, 0) is 29.7 Å². The molecule has 1 aliphatic rings. The van der Waals surface area contributed by atoms with Gasteiger partial charge < -0.3 is 14.8 Å². The van der Waals surface area contributed by atoms with Crippen LogP contribution < -0.4 is 14.8 Å². The molecule has 1 saturated heterocycles. The number of thioether (sulfide) groups is 1. The highest BCUT2D eigenvalue weighted by Crippen LogP contribution is 2.37. The van der Waals surface area contributed by atoms with Crippen molar-refractivity contribution < 1.29 is 9.47 Å². The van der Waals surface area contributed by atoms with Crippen LogP contribution in [0.2, 0.25) is 0 Å². The summed E-state index contributed by atoms with van der Waals surface area (Å²) in [4.78, 5) is 0. The zero-order valence-corrected chi connectivity index (χ0v) is 13.0. The molecule has 0 radical (unpaired) electrons. The number of benzene rings is 1. The lowest BCUT2D eigenvalue weighted by Crippen LogP contribution is -2.35. The fourth-order valence-electron chi connectivity index (χ4n) is 2.50. The summed E-state index contributed by atoms with van der Waals surface area (Å²) in [7, 11) is 3.39. The predicted octanol–water partition coefficient (Wildman–Crippen LogP) is 3.65. The number of hydrogen-bond donors (Lipinski definition) is 1. The molecule has 19 heavy (non-hydrogen) atoms. The van der Waals surface area contributed by atoms with E-state index in [2.05, 4.69) is 19.2 Å². The van der Waals surface area contributed by atoms with E-state index in [1.54, 1.807) is 14.2 Å². The van der Waals surface area contributed by atoms with Gasteiger partial charge >= 0.3 is 0 Å². The summed E-state index contributed by atoms with van der Waals surface area (Å²) in [5, 5.41) is 3.60. The standard InChI is InChI=1S/C15H23NO2S/c1-15(2)8-11(9-19-10-15)16-13-7-12(17-3)5-6-14(13)18-4/h5-7,11,16H,8-10H2,1-4H3. The van der Waals surface area contributed by atoms with Gasteiger partial charge in [0.05, 0.1) is 19.9 Å². The van der Waals surface area contributed by atoms with E-state index in [1.807, 2.05) is 30.0 Å². The van der Waals surface area contributed by atoms with E-state index in [9.17, 15) is 0 Å². The Morgan fingerprint density at radius 1 is 1.26 bits per heavy atom. The van der Waals surface area contributed by atoms with Crippen LogP contribution in [0.15, 0.2) is 18.2 Å². The minimum Gasteiger partial charge on any atom is -0.497 e. The van der Waals surface area contributed by atoms with E-state index in [0.29, 0.717) is 11.5 Å². The molecule has 1 aromatic rings. The van der Waals surface area contributed by atoms with Gasteiger partial charge in [0.15, 0.2) is 0 Å². The lowest BCUT2D eigenvalue weighted by Gasteiger charge is -2.35. The first-order chi connectivity index (χ1) is 9.04. The SMILES string of the molecule is COc1ccc(OC)c(NC2CSCC(C)(C)C2)c1. The van der Waals surface area contributed by atoms with Gasteiger partial charge in [0.25, 0.3) is 0 Å². The number of ether oxygens (including phenoxy) is 2. The summed E-state index contributed by atoms with van der Waals surface area (Å²) >= 11 is 2.02. The van der Waals surface area contributed by atoms with Crippen LogP contribution in [0.25, 0.3) is 0 Å². The Hall–Kier alpha value is -1.03. The number of nitrogens with one attached hydrogen (secondary N) is 1. The molecule has 3 nitrogen and oxygen atoms in total. The molecule has 1 heterocycles. The van der Waals surface area contributed by atoms with E-state index in [-0.39, 0.29) is 0 Å². The third-order valence-electron chi connectivity index (χ3n) is 3.38. The second kappa shape index (κ2) is 5.95. The van der Waals surface area contributed by atoms with Gasteiger partial charge in [-0.1, -0.05) is 13.8 Å². The minimum absolute atomic E-state index is 0.396. The maximum atomic E-state index is 5.41. The number of anilines is 1. The van der Waals surface area contributed by atoms with Gasteiger partial charge in [-0.2, -0.15) is 11.8 Å². The summed E-state index contributed by atoms with van der Waals surface area (Å²) in [5.41, 5.74) is 1.41. The number of rotatable bonds is 4. The van der Waals surface area contributed by atoms with Crippen LogP contribution in [-0.4, -0.2) is 31.8 Å². The zero-order chi connectivity index (χ0) is 13.9. The first-order valence-corrected chi connectivity index (χ1v) is 7.76. The monoisotopic (exact) mass is 281 g/mol. The highest BCUT2D eigenvalue weighted by Gasteiger charge is 2.28. The van der Waals surface area contributed by atoms with Crippen molar-refractivity contribution in [1.29, 1.82) is 0 Å². The summed E-state index contributed by atoms with van der Waals surface area (Å²) in [5.74, 6) is 4.10. The summed E-state index contributed by atoms with van der Waals surface area (Å²) in [6.45, 7) is 4.66. The normalized spacial score (nSPS) is 21.8. The molecule has 0 aromatic heterocycles. The van der Waals surface area contributed by atoms with E-state index >= 15 is 0 Å². The Balaban J connectivity index is 2.13. The van der Waals surface area contributed by atoms with Gasteiger partial charge in [0.2, 0.25) is 0 Å². The average molecular weight is 281 g/mol. The first kappa shape index (κ1) is 14.4. The lowest BCUT2D eigenvalue weighted by molar-refractivity contribution is 0.356. The van der Waals surface area contributed by atoms with Crippen LogP contribution in [0.3, 0.4) is 0 Å². The third-order valence-corrected chi connectivity index (χ3v) is 5.00. The van der Waals surface area contributed by atoms with Crippen molar-refractivity contribution in [2.24, 2.45) is 5.41 Å². The van der Waals surface area contributed by atoms with Crippen molar-refractivity contribution in [3.63, 3.8) is 0 Å². The van der Waals surface area contributed by atoms with Crippen LogP contribution in [0.4, 0.5) is 5.69 Å². The lowest BCUT2D eigenvalue weighted by atomic mass is 9.88. The molecule has 0 saturated carbocycles. The van der Waals surface area contributed by atoms with Crippen LogP contribution in [0.5, 0.6) is 11.5 Å². The maximum absolute atomic E-state index is 5.41. The van der Waals surface area contributed by atoms with Crippen molar-refractivity contribution in [2.75, 3.05) is 31.0 Å². The molecule has 1 N–H and O–H groups in total. The molecule has 1 fully saturated rings. The quantitative estimate of drug-likeness (QED) is 0.912. The highest BCUT2D eigenvalue weighted by molar-refractivity contribution is 7.99. The van der Waals surface area contributed by atoms with Crippen molar-refractivity contribution in [3.8, 4) is 11.5 Å². The predicted molar refractivity (Wildman–Crippen MR) is 82.7 cm³/mol. The van der Waals surface area contributed by atoms with Gasteiger partial charge in [-0.3, -0.25) is 0 Å². The molecule has 106 valence electrons. The molecule has 0 spiro atoms. The van der Waals surface area contributed by atoms with Gasteiger partial charge in [0.1, 0.15) is 11.5 Å². The van der Waals surface area contributed by atoms with Crippen LogP contribution >= 0.6 is 11.8 Å². The molecule has 2 rings (SSSR count). The maximum Gasteiger partial charge on any atom is 0.142 e. The largest absolute Gasteiger partial charge is 0.497 e. The van der Waals surface area contributed by atoms with Crippen molar-refractivity contribution in [3.05, 3.63) is 18.2 Å². The van der Waals surface area contributed by atoms with Crippen molar-refractivity contribution >= 4 is 17.4 Å². The van der Waals surface area contributed by atoms with E-state index in [0.717, 1.165) is 22.9 Å². The summed E-state index contributed by atoms with van der Waals surface area (Å²) < 4.78 is 10.7. The Morgan fingerprint density at radius 3 is 2.68 bits per heavy atom. The fourth-order valence-corrected chi connectivity index (χ4v) is 3.78. The van der Waals surface area contributed by atoms with Crippen LogP contribution in [0.1, 0.15) is 20.3 Å². The molecule has 0 amide bonds. The first-order valence-electron chi connectivity index (χ1n) is 6.60. The zero-order valence-electron chi connectivity index (χ0n) is 12.2. The second-order valence-corrected chi connectivity index (χ2v) is 6.82. The highest BCUT2D eigenvalue weighted by atomic mass is 32.2. The molecule has 0 aliphatic carbocycles. The van der Waals surface area contributed by atoms with Crippen molar-refractivity contribution in [1.82, 2.24) is 0 Å². The molecule has 1 aliphatic heterocycles. The molecular weight excluding hydrogens is 258 g/mol. The Labute approximate surface area is 120 Å². The van der Waals surface area contributed by atoms with Crippen LogP contribution in [-0.2, 0) is 0 Å². The average Bonchev–Trinajstić information content (AvgIpc) is 2.37. The van der Waals surface area contributed by atoms with Crippen LogP contribution in [0, 0.1) is 5.41 Å². The van der Waals surface area contributed by atoms with E-state index < -0.39 is 0 Å². The van der Waals surface area contributed by atoms with E-state index in [4.69, 9.17) is 9.47 Å². The summed E-state index contributed by atoms with van der Waals surface area (Å²) in [6.07, 6.45) is 1.18. The number of methoxy groups -OCH3 is 2. The third kappa shape index (κ3) is 3.72. The molecule has 0 bridgehead atoms. The molecule has 1 unspecified atom stereocenters. The molecular formula is C15H23NO2S. The summed E-state index contributed by atoms with van der Waals surface area (Å²) in [6, 6.07) is 6.35. The molecule has 1 aromatic carbocycles. The van der Waals surface area contributed by atoms with E-state index in [1.165, 1.54) is 12.2 Å². The second-order valence-electron chi connectivity index (χ2n) is 5.79. The number of hydrogen-bond acceptors (Lipinski definition) is 4.